The Morgan fingerprint density at radius 1 is 0.579 bits per heavy atom. The second-order valence-corrected chi connectivity index (χ2v) is 24.7. The average molecular weight is 1080 g/mol. The zero-order valence-corrected chi connectivity index (χ0v) is 52.7. The van der Waals surface area contributed by atoms with Crippen molar-refractivity contribution in [3.05, 3.63) is 166 Å². The molecule has 0 saturated carbocycles. The van der Waals surface area contributed by atoms with Gasteiger partial charge in [-0.05, 0) is 182 Å². The molecule has 10 heteroatoms. The van der Waals surface area contributed by atoms with Crippen LogP contribution in [0, 0.1) is 50.4 Å². The van der Waals surface area contributed by atoms with Crippen LogP contribution < -0.4 is 0 Å². The number of rotatable bonds is 12. The Labute approximate surface area is 473 Å². The van der Waals surface area contributed by atoms with Crippen molar-refractivity contribution in [2.24, 2.45) is 34.6 Å². The summed E-state index contributed by atoms with van der Waals surface area (Å²) < 4.78 is 1.29. The molecule has 1 aromatic carbocycles. The third-order valence-corrected chi connectivity index (χ3v) is 15.4. The molecule has 6 aromatic rings. The van der Waals surface area contributed by atoms with E-state index in [2.05, 4.69) is 234 Å². The normalized spacial score (nSPS) is 14.1. The highest BCUT2D eigenvalue weighted by molar-refractivity contribution is 7.18. The van der Waals surface area contributed by atoms with Gasteiger partial charge >= 0.3 is 0 Å². The first kappa shape index (κ1) is 66.9. The number of aromatic nitrogens is 5. The quantitative estimate of drug-likeness (QED) is 0.123. The fourth-order valence-electron chi connectivity index (χ4n) is 6.27. The molecule has 1 aliphatic heterocycles. The predicted octanol–water partition coefficient (Wildman–Crippen LogP) is 19.9. The van der Waals surface area contributed by atoms with Crippen LogP contribution >= 0.6 is 34.0 Å². The molecule has 0 fully saturated rings. The van der Waals surface area contributed by atoms with E-state index >= 15 is 0 Å². The van der Waals surface area contributed by atoms with E-state index in [4.69, 9.17) is 5.11 Å². The van der Waals surface area contributed by atoms with Crippen molar-refractivity contribution in [2.45, 2.75) is 170 Å². The molecule has 0 radical (unpaired) electrons. The lowest BCUT2D eigenvalue weighted by Crippen LogP contribution is -2.06. The summed E-state index contributed by atoms with van der Waals surface area (Å²) in [6.07, 6.45) is 19.8. The van der Waals surface area contributed by atoms with Crippen molar-refractivity contribution in [1.29, 1.82) is 0 Å². The van der Waals surface area contributed by atoms with E-state index in [-0.39, 0.29) is 6.61 Å². The molecule has 0 saturated heterocycles. The third kappa shape index (κ3) is 27.2. The molecule has 0 aliphatic carbocycles. The van der Waals surface area contributed by atoms with E-state index in [1.165, 1.54) is 60.6 Å². The number of hydrogen-bond donors (Lipinski definition) is 1. The maximum Gasteiger partial charge on any atom is 0.119 e. The molecular formula is C66H94N6OS3. The van der Waals surface area contributed by atoms with Crippen LogP contribution in [0.2, 0.25) is 0 Å². The lowest BCUT2D eigenvalue weighted by atomic mass is 10.00. The number of hydrogen-bond acceptors (Lipinski definition) is 10. The number of aliphatic hydroxyl groups excluding tert-OH is 1. The van der Waals surface area contributed by atoms with Crippen LogP contribution in [0.1, 0.15) is 186 Å². The number of aliphatic imine (C=N–C) groups is 1. The summed E-state index contributed by atoms with van der Waals surface area (Å²) in [6, 6.07) is 17.0. The zero-order chi connectivity index (χ0) is 57.1. The third-order valence-electron chi connectivity index (χ3n) is 12.8. The van der Waals surface area contributed by atoms with Crippen LogP contribution in [0.4, 0.5) is 0 Å². The van der Waals surface area contributed by atoms with Gasteiger partial charge in [-0.3, -0.25) is 15.0 Å². The maximum atomic E-state index is 8.82. The Hall–Kier alpha value is -5.26. The first-order valence-corrected chi connectivity index (χ1v) is 29.6. The molecule has 5 aromatic heterocycles. The van der Waals surface area contributed by atoms with Gasteiger partial charge in [0.15, 0.2) is 0 Å². The average Bonchev–Trinajstić information content (AvgIpc) is 4.11. The Morgan fingerprint density at radius 2 is 1.12 bits per heavy atom. The second kappa shape index (κ2) is 35.2. The summed E-state index contributed by atoms with van der Waals surface area (Å²) in [5.41, 5.74) is 16.1. The summed E-state index contributed by atoms with van der Waals surface area (Å²) in [4.78, 5) is 26.1. The van der Waals surface area contributed by atoms with Gasteiger partial charge in [-0.2, -0.15) is 0 Å². The van der Waals surface area contributed by atoms with Crippen molar-refractivity contribution >= 4 is 74.7 Å². The number of fused-ring (bicyclic) bond motifs is 1. The fourth-order valence-corrected chi connectivity index (χ4v) is 8.26. The Balaban J connectivity index is 0.000000312. The molecular weight excluding hydrogens is 989 g/mol. The highest BCUT2D eigenvalue weighted by atomic mass is 32.1. The number of aliphatic hydroxyl groups is 1. The SMILES string of the molecule is C/C(=C\c1cc(C)ccn1)C(C)C.C/C(=C\c1ccccn1)C(C)C.C/C(=C\c1csc(C)n1)C(C)C.C/C(=C\c1csc(CO)n1)C(C)C.CC1=CCC(/C=C(\C)C(C)C)N=C1.Cc1nc2cc(C(C)C)ccc2s1. The van der Waals surface area contributed by atoms with Gasteiger partial charge in [0.25, 0.3) is 0 Å². The minimum absolute atomic E-state index is 0.0409. The zero-order valence-electron chi connectivity index (χ0n) is 50.3. The smallest absolute Gasteiger partial charge is 0.119 e. The van der Waals surface area contributed by atoms with Gasteiger partial charge < -0.3 is 5.11 Å². The van der Waals surface area contributed by atoms with Crippen molar-refractivity contribution in [3.63, 3.8) is 0 Å². The van der Waals surface area contributed by atoms with E-state index in [0.717, 1.165) is 49.7 Å². The van der Waals surface area contributed by atoms with E-state index in [0.29, 0.717) is 41.5 Å². The molecule has 1 atom stereocenters. The number of dihydropyridines is 1. The summed E-state index contributed by atoms with van der Waals surface area (Å²) in [5, 5.41) is 16.0. The minimum Gasteiger partial charge on any atom is -0.389 e. The van der Waals surface area contributed by atoms with Gasteiger partial charge in [-0.25, -0.2) is 15.0 Å². The molecule has 1 unspecified atom stereocenters. The van der Waals surface area contributed by atoms with Crippen molar-refractivity contribution < 1.29 is 5.11 Å². The number of nitrogens with zero attached hydrogens (tertiary/aromatic N) is 6. The molecule has 6 heterocycles. The number of aryl methyl sites for hydroxylation is 3. The number of thiazole rings is 3. The van der Waals surface area contributed by atoms with E-state index in [9.17, 15) is 0 Å². The van der Waals surface area contributed by atoms with Gasteiger partial charge in [0.05, 0.1) is 55.7 Å². The van der Waals surface area contributed by atoms with Crippen LogP contribution in [-0.4, -0.2) is 42.3 Å². The Bertz CT molecular complexity index is 2840. The fraction of sp³-hybridized carbons (Fsp3) is 0.455. The lowest BCUT2D eigenvalue weighted by Gasteiger charge is -2.13. The highest BCUT2D eigenvalue weighted by Crippen LogP contribution is 2.26. The molecule has 76 heavy (non-hydrogen) atoms. The number of benzene rings is 1. The van der Waals surface area contributed by atoms with Crippen molar-refractivity contribution in [3.8, 4) is 0 Å². The molecule has 0 spiro atoms. The standard InChI is InChI=1S/C12H19N.C12H17N.C11H13NS.C11H15N.C10H15NOS.C10H15NS/c1-9(2)11(4)7-12-6-5-10(3)8-13-12;1-9(2)11(4)8-12-7-10(3)5-6-13-12;1-7(2)9-4-5-11-10(6-9)12-8(3)13-11;1-9(2)10(3)8-11-6-4-5-7-12-11;1-7(2)8(3)4-9-6-13-10(5-12)11-9;1-7(2)8(3)5-10-6-12-9(4)11-10/h5,7-9,12H,6H2,1-4H3;5-9H,1-4H3;4-7H,1-3H3;4-9H,1-3H3;4,6-7,12H,5H2,1-3H3;5-7H,1-4H3/b11-7+;11-8+;;10-8+;8-4+;8-5+. The van der Waals surface area contributed by atoms with Crippen LogP contribution in [0.15, 0.2) is 122 Å². The summed E-state index contributed by atoms with van der Waals surface area (Å²) in [5.74, 6) is 3.61. The van der Waals surface area contributed by atoms with Gasteiger partial charge in [-0.1, -0.05) is 135 Å². The first-order valence-electron chi connectivity index (χ1n) is 27.1. The number of allylic oxidation sites excluding steroid dienone is 6. The van der Waals surface area contributed by atoms with E-state index < -0.39 is 0 Å². The summed E-state index contributed by atoms with van der Waals surface area (Å²) in [7, 11) is 0. The Morgan fingerprint density at radius 3 is 1.58 bits per heavy atom. The molecule has 0 amide bonds. The predicted molar refractivity (Wildman–Crippen MR) is 340 cm³/mol. The van der Waals surface area contributed by atoms with Gasteiger partial charge in [-0.15, -0.1) is 34.0 Å². The van der Waals surface area contributed by atoms with Gasteiger partial charge in [0, 0.05) is 29.4 Å². The monoisotopic (exact) mass is 1080 g/mol. The van der Waals surface area contributed by atoms with Crippen molar-refractivity contribution in [1.82, 2.24) is 24.9 Å². The van der Waals surface area contributed by atoms with Crippen LogP contribution in [0.5, 0.6) is 0 Å². The molecule has 7 rings (SSSR count). The molecule has 1 N–H and O–H groups in total. The summed E-state index contributed by atoms with van der Waals surface area (Å²) in [6.45, 7) is 45.4. The molecule has 7 nitrogen and oxygen atoms in total. The molecule has 412 valence electrons. The summed E-state index contributed by atoms with van der Waals surface area (Å²) >= 11 is 4.96. The minimum atomic E-state index is 0.0409. The van der Waals surface area contributed by atoms with Crippen LogP contribution in [0.3, 0.4) is 0 Å². The van der Waals surface area contributed by atoms with Crippen LogP contribution in [0.25, 0.3) is 34.5 Å². The second-order valence-electron chi connectivity index (χ2n) is 21.5. The topological polar surface area (TPSA) is 97.0 Å². The largest absolute Gasteiger partial charge is 0.389 e. The van der Waals surface area contributed by atoms with Crippen molar-refractivity contribution in [2.75, 3.05) is 0 Å². The number of pyridine rings is 2. The van der Waals surface area contributed by atoms with Crippen LogP contribution in [-0.2, 0) is 6.61 Å². The molecule has 0 bridgehead atoms. The van der Waals surface area contributed by atoms with E-state index in [1.54, 1.807) is 22.7 Å². The maximum absolute atomic E-state index is 8.82. The lowest BCUT2D eigenvalue weighted by molar-refractivity contribution is 0.281. The molecule has 1 aliphatic rings. The highest BCUT2D eigenvalue weighted by Gasteiger charge is 2.08. The first-order chi connectivity index (χ1) is 35.8. The van der Waals surface area contributed by atoms with Gasteiger partial charge in [0.2, 0.25) is 0 Å². The van der Waals surface area contributed by atoms with E-state index in [1.807, 2.05) is 55.2 Å². The Kier molecular flexibility index (Phi) is 31.0. The van der Waals surface area contributed by atoms with Gasteiger partial charge in [0.1, 0.15) is 5.01 Å².